The van der Waals surface area contributed by atoms with E-state index in [1.54, 1.807) is 19.9 Å². The van der Waals surface area contributed by atoms with Crippen molar-refractivity contribution < 1.29 is 9.90 Å². The molecule has 0 aliphatic heterocycles. The normalized spacial score (nSPS) is 12.0. The molecule has 0 aromatic rings. The summed E-state index contributed by atoms with van der Waals surface area (Å²) < 4.78 is 0. The van der Waals surface area contributed by atoms with E-state index in [4.69, 9.17) is 0 Å². The molecule has 1 amide bonds. The van der Waals surface area contributed by atoms with Crippen LogP contribution in [0.5, 0.6) is 0 Å². The van der Waals surface area contributed by atoms with Gasteiger partial charge in [-0.2, -0.15) is 0 Å². The van der Waals surface area contributed by atoms with Gasteiger partial charge in [0.25, 0.3) is 0 Å². The highest BCUT2D eigenvalue weighted by atomic mass is 16.3. The molecule has 0 aliphatic rings. The number of hydrogen-bond acceptors (Lipinski definition) is 2. The minimum absolute atomic E-state index is 0.120. The van der Waals surface area contributed by atoms with Crippen molar-refractivity contribution in [3.63, 3.8) is 0 Å². The monoisotopic (exact) mass is 269 g/mol. The lowest BCUT2D eigenvalue weighted by atomic mass is 10.1. The van der Waals surface area contributed by atoms with Crippen LogP contribution in [0, 0.1) is 0 Å². The highest BCUT2D eigenvalue weighted by Gasteiger charge is 2.12. The average Bonchev–Trinajstić information content (AvgIpc) is 2.33. The van der Waals surface area contributed by atoms with E-state index in [1.807, 2.05) is 6.08 Å². The Labute approximate surface area is 118 Å². The fourth-order valence-electron chi connectivity index (χ4n) is 1.77. The summed E-state index contributed by atoms with van der Waals surface area (Å²) in [5, 5.41) is 12.1. The highest BCUT2D eigenvalue weighted by molar-refractivity contribution is 5.87. The molecule has 0 radical (unpaired) electrons. The Balaban J connectivity index is 3.40. The summed E-state index contributed by atoms with van der Waals surface area (Å²) >= 11 is 0. The van der Waals surface area contributed by atoms with Crippen LogP contribution >= 0.6 is 0 Å². The van der Waals surface area contributed by atoms with Gasteiger partial charge in [-0.3, -0.25) is 4.79 Å². The van der Waals surface area contributed by atoms with E-state index in [2.05, 4.69) is 12.2 Å². The van der Waals surface area contributed by atoms with Gasteiger partial charge in [0.2, 0.25) is 5.91 Å². The van der Waals surface area contributed by atoms with Crippen LogP contribution < -0.4 is 5.32 Å². The van der Waals surface area contributed by atoms with Crippen LogP contribution in [0.1, 0.15) is 72.1 Å². The first-order valence-electron chi connectivity index (χ1n) is 7.62. The second kappa shape index (κ2) is 11.0. The number of unbranched alkanes of at least 4 members (excludes halogenated alkanes) is 7. The fourth-order valence-corrected chi connectivity index (χ4v) is 1.77. The van der Waals surface area contributed by atoms with Crippen LogP contribution in [0.4, 0.5) is 0 Å². The van der Waals surface area contributed by atoms with Crippen molar-refractivity contribution >= 4 is 5.91 Å². The summed E-state index contributed by atoms with van der Waals surface area (Å²) in [7, 11) is 0. The molecule has 3 nitrogen and oxygen atoms in total. The number of allylic oxidation sites excluding steroid dienone is 1. The van der Waals surface area contributed by atoms with Crippen LogP contribution in [0.25, 0.3) is 0 Å². The van der Waals surface area contributed by atoms with Crippen LogP contribution in [0.3, 0.4) is 0 Å². The number of amides is 1. The smallest absolute Gasteiger partial charge is 0.243 e. The standard InChI is InChI=1S/C16H31NO2/c1-4-5-6-7-8-9-10-11-12-13-15(18)17-14-16(2,3)19/h12-13,19H,4-11,14H2,1-3H3,(H,17,18)/b13-12+. The zero-order valence-corrected chi connectivity index (χ0v) is 12.9. The molecule has 3 heteroatoms. The molecule has 0 saturated carbocycles. The molecule has 0 unspecified atom stereocenters. The third-order valence-corrected chi connectivity index (χ3v) is 2.94. The topological polar surface area (TPSA) is 49.3 Å². The summed E-state index contributed by atoms with van der Waals surface area (Å²) in [5.41, 5.74) is -0.845. The second-order valence-corrected chi connectivity index (χ2v) is 5.84. The van der Waals surface area contributed by atoms with Crippen LogP contribution in [0.2, 0.25) is 0 Å². The number of aliphatic hydroxyl groups is 1. The quantitative estimate of drug-likeness (QED) is 0.445. The molecule has 0 aromatic heterocycles. The first-order chi connectivity index (χ1) is 8.95. The first kappa shape index (κ1) is 18.2. The van der Waals surface area contributed by atoms with Crippen LogP contribution in [-0.2, 0) is 4.79 Å². The number of hydrogen-bond donors (Lipinski definition) is 2. The molecule has 0 aliphatic carbocycles. The van der Waals surface area contributed by atoms with Gasteiger partial charge in [0.15, 0.2) is 0 Å². The second-order valence-electron chi connectivity index (χ2n) is 5.84. The molecule has 0 rings (SSSR count). The number of nitrogens with one attached hydrogen (secondary N) is 1. The lowest BCUT2D eigenvalue weighted by Crippen LogP contribution is -2.37. The van der Waals surface area contributed by atoms with E-state index < -0.39 is 5.60 Å². The number of carbonyl (C=O) groups excluding carboxylic acids is 1. The van der Waals surface area contributed by atoms with Gasteiger partial charge in [-0.1, -0.05) is 51.5 Å². The predicted molar refractivity (Wildman–Crippen MR) is 81.1 cm³/mol. The van der Waals surface area contributed by atoms with E-state index in [0.717, 1.165) is 12.8 Å². The third kappa shape index (κ3) is 15.1. The Bertz CT molecular complexity index is 254. The zero-order valence-electron chi connectivity index (χ0n) is 12.9. The summed E-state index contributed by atoms with van der Waals surface area (Å²) in [4.78, 5) is 11.4. The average molecular weight is 269 g/mol. The van der Waals surface area contributed by atoms with E-state index >= 15 is 0 Å². The summed E-state index contributed by atoms with van der Waals surface area (Å²) in [6.07, 6.45) is 13.5. The molecule has 0 aromatic carbocycles. The van der Waals surface area contributed by atoms with Crippen molar-refractivity contribution in [3.8, 4) is 0 Å². The lowest BCUT2D eigenvalue weighted by molar-refractivity contribution is -0.117. The first-order valence-corrected chi connectivity index (χ1v) is 7.62. The molecule has 0 atom stereocenters. The molecule has 0 bridgehead atoms. The molecule has 112 valence electrons. The largest absolute Gasteiger partial charge is 0.389 e. The Morgan fingerprint density at radius 3 is 2.26 bits per heavy atom. The molecule has 0 fully saturated rings. The molecule has 2 N–H and O–H groups in total. The summed E-state index contributed by atoms with van der Waals surface area (Å²) in [5.74, 6) is -0.120. The van der Waals surface area contributed by atoms with Crippen LogP contribution in [0.15, 0.2) is 12.2 Å². The Hall–Kier alpha value is -0.830. The number of carbonyl (C=O) groups is 1. The van der Waals surface area contributed by atoms with Crippen molar-refractivity contribution in [1.29, 1.82) is 0 Å². The minimum Gasteiger partial charge on any atom is -0.389 e. The van der Waals surface area contributed by atoms with Crippen molar-refractivity contribution in [3.05, 3.63) is 12.2 Å². The third-order valence-electron chi connectivity index (χ3n) is 2.94. The summed E-state index contributed by atoms with van der Waals surface area (Å²) in [6, 6.07) is 0. The Morgan fingerprint density at radius 1 is 1.11 bits per heavy atom. The SMILES string of the molecule is CCCCCCCCC/C=C/C(=O)NCC(C)(C)O. The van der Waals surface area contributed by atoms with Gasteiger partial charge in [0.1, 0.15) is 0 Å². The van der Waals surface area contributed by atoms with Crippen molar-refractivity contribution in [2.75, 3.05) is 6.54 Å². The molecule has 0 spiro atoms. The van der Waals surface area contributed by atoms with Gasteiger partial charge >= 0.3 is 0 Å². The van der Waals surface area contributed by atoms with Gasteiger partial charge < -0.3 is 10.4 Å². The van der Waals surface area contributed by atoms with E-state index in [-0.39, 0.29) is 12.5 Å². The number of rotatable bonds is 11. The van der Waals surface area contributed by atoms with Crippen molar-refractivity contribution in [1.82, 2.24) is 5.32 Å². The van der Waals surface area contributed by atoms with Crippen molar-refractivity contribution in [2.45, 2.75) is 77.7 Å². The molecular weight excluding hydrogens is 238 g/mol. The van der Waals surface area contributed by atoms with Gasteiger partial charge in [-0.15, -0.1) is 0 Å². The van der Waals surface area contributed by atoms with Crippen LogP contribution in [-0.4, -0.2) is 23.2 Å². The summed E-state index contributed by atoms with van der Waals surface area (Å²) in [6.45, 7) is 5.87. The van der Waals surface area contributed by atoms with E-state index in [1.165, 1.54) is 38.5 Å². The highest BCUT2D eigenvalue weighted by Crippen LogP contribution is 2.08. The molecule has 19 heavy (non-hydrogen) atoms. The van der Waals surface area contributed by atoms with E-state index in [9.17, 15) is 9.90 Å². The van der Waals surface area contributed by atoms with Gasteiger partial charge in [0, 0.05) is 6.54 Å². The lowest BCUT2D eigenvalue weighted by Gasteiger charge is -2.16. The maximum Gasteiger partial charge on any atom is 0.243 e. The molecule has 0 heterocycles. The van der Waals surface area contributed by atoms with Gasteiger partial charge in [-0.05, 0) is 32.8 Å². The maximum absolute atomic E-state index is 11.4. The zero-order chi connectivity index (χ0) is 14.6. The van der Waals surface area contributed by atoms with Crippen molar-refractivity contribution in [2.24, 2.45) is 0 Å². The van der Waals surface area contributed by atoms with Gasteiger partial charge in [0.05, 0.1) is 5.60 Å². The van der Waals surface area contributed by atoms with E-state index in [0.29, 0.717) is 0 Å². The molecular formula is C16H31NO2. The van der Waals surface area contributed by atoms with Gasteiger partial charge in [-0.25, -0.2) is 0 Å². The Morgan fingerprint density at radius 2 is 1.68 bits per heavy atom. The Kier molecular flexibility index (Phi) is 10.6. The fraction of sp³-hybridized carbons (Fsp3) is 0.812. The molecule has 0 saturated heterocycles. The minimum atomic E-state index is -0.845. The maximum atomic E-state index is 11.4. The predicted octanol–water partition coefficient (Wildman–Crippen LogP) is 3.57.